The molecule has 1 N–H and O–H groups in total. The summed E-state index contributed by atoms with van der Waals surface area (Å²) in [5, 5.41) is 10.5. The summed E-state index contributed by atoms with van der Waals surface area (Å²) < 4.78 is 0. The fraction of sp³-hybridized carbons (Fsp3) is 0.933. The SMILES string of the molecule is CC[C@@H]1C(CC(C)(C)O)C(C)(CC)[C@H]1C(=O)CBr. The zero-order valence-corrected chi connectivity index (χ0v) is 13.9. The van der Waals surface area contributed by atoms with Crippen LogP contribution in [-0.4, -0.2) is 21.8 Å². The first kappa shape index (κ1) is 16.2. The third-order valence-electron chi connectivity index (χ3n) is 4.93. The van der Waals surface area contributed by atoms with E-state index >= 15 is 0 Å². The summed E-state index contributed by atoms with van der Waals surface area (Å²) in [6.45, 7) is 10.3. The van der Waals surface area contributed by atoms with E-state index < -0.39 is 5.60 Å². The number of carbonyl (C=O) groups excluding carboxylic acids is 1. The molecule has 0 aromatic heterocycles. The van der Waals surface area contributed by atoms with Gasteiger partial charge in [0, 0.05) is 5.92 Å². The van der Waals surface area contributed by atoms with E-state index in [0.29, 0.717) is 22.9 Å². The van der Waals surface area contributed by atoms with Crippen molar-refractivity contribution in [2.45, 2.75) is 59.5 Å². The Hall–Kier alpha value is 0.110. The second kappa shape index (κ2) is 5.62. The molecule has 0 aromatic rings. The Balaban J connectivity index is 2.95. The highest BCUT2D eigenvalue weighted by Crippen LogP contribution is 2.61. The molecular weight excluding hydrogens is 292 g/mol. The molecule has 0 heterocycles. The number of Topliss-reactive ketones (excluding diaryl/α,β-unsaturated/α-hetero) is 1. The second-order valence-electron chi connectivity index (χ2n) is 6.63. The van der Waals surface area contributed by atoms with E-state index in [4.69, 9.17) is 0 Å². The third-order valence-corrected chi connectivity index (χ3v) is 5.49. The topological polar surface area (TPSA) is 37.3 Å². The van der Waals surface area contributed by atoms with Gasteiger partial charge in [0.15, 0.2) is 0 Å². The first-order valence-corrected chi connectivity index (χ1v) is 8.14. The van der Waals surface area contributed by atoms with Crippen molar-refractivity contribution in [2.24, 2.45) is 23.2 Å². The Labute approximate surface area is 120 Å². The molecule has 1 aliphatic carbocycles. The van der Waals surface area contributed by atoms with Crippen molar-refractivity contribution in [2.75, 3.05) is 5.33 Å². The van der Waals surface area contributed by atoms with Gasteiger partial charge in [0.1, 0.15) is 5.78 Å². The van der Waals surface area contributed by atoms with Gasteiger partial charge in [-0.3, -0.25) is 4.79 Å². The summed E-state index contributed by atoms with van der Waals surface area (Å²) >= 11 is 3.31. The van der Waals surface area contributed by atoms with Crippen LogP contribution in [-0.2, 0) is 4.79 Å². The monoisotopic (exact) mass is 318 g/mol. The Morgan fingerprint density at radius 2 is 1.94 bits per heavy atom. The average molecular weight is 319 g/mol. The van der Waals surface area contributed by atoms with E-state index in [1.807, 2.05) is 13.8 Å². The van der Waals surface area contributed by atoms with Crippen LogP contribution in [0.5, 0.6) is 0 Å². The molecule has 2 unspecified atom stereocenters. The van der Waals surface area contributed by atoms with Gasteiger partial charge < -0.3 is 5.11 Å². The second-order valence-corrected chi connectivity index (χ2v) is 7.19. The molecule has 1 aliphatic rings. The van der Waals surface area contributed by atoms with Gasteiger partial charge in [0.25, 0.3) is 0 Å². The highest BCUT2D eigenvalue weighted by Gasteiger charge is 2.59. The Bertz CT molecular complexity index is 308. The maximum atomic E-state index is 12.1. The van der Waals surface area contributed by atoms with E-state index in [2.05, 4.69) is 36.7 Å². The van der Waals surface area contributed by atoms with Crippen molar-refractivity contribution in [3.63, 3.8) is 0 Å². The summed E-state index contributed by atoms with van der Waals surface area (Å²) in [7, 11) is 0. The van der Waals surface area contributed by atoms with Crippen molar-refractivity contribution in [3.8, 4) is 0 Å². The predicted octanol–water partition coefficient (Wildman–Crippen LogP) is 3.80. The zero-order valence-electron chi connectivity index (χ0n) is 12.3. The highest BCUT2D eigenvalue weighted by molar-refractivity contribution is 9.09. The Kier molecular flexibility index (Phi) is 5.05. The van der Waals surface area contributed by atoms with Crippen LogP contribution < -0.4 is 0 Å². The summed E-state index contributed by atoms with van der Waals surface area (Å²) in [6, 6.07) is 0. The fourth-order valence-electron chi connectivity index (χ4n) is 3.94. The quantitative estimate of drug-likeness (QED) is 0.756. The summed E-state index contributed by atoms with van der Waals surface area (Å²) in [4.78, 5) is 12.1. The number of rotatable bonds is 6. The van der Waals surface area contributed by atoms with E-state index in [9.17, 15) is 9.90 Å². The fourth-order valence-corrected chi connectivity index (χ4v) is 4.29. The molecule has 0 amide bonds. The van der Waals surface area contributed by atoms with Crippen LogP contribution in [0.3, 0.4) is 0 Å². The molecule has 0 spiro atoms. The number of ketones is 1. The molecule has 1 saturated carbocycles. The molecule has 0 aromatic carbocycles. The van der Waals surface area contributed by atoms with Crippen molar-refractivity contribution < 1.29 is 9.90 Å². The molecule has 0 saturated heterocycles. The molecule has 1 fully saturated rings. The molecule has 0 radical (unpaired) electrons. The zero-order chi connectivity index (χ0) is 14.1. The van der Waals surface area contributed by atoms with Gasteiger partial charge in [-0.25, -0.2) is 0 Å². The Morgan fingerprint density at radius 1 is 1.39 bits per heavy atom. The molecule has 4 atom stereocenters. The number of alkyl halides is 1. The normalized spacial score (nSPS) is 36.3. The van der Waals surface area contributed by atoms with Gasteiger partial charge in [-0.1, -0.05) is 43.1 Å². The number of hydrogen-bond acceptors (Lipinski definition) is 2. The largest absolute Gasteiger partial charge is 0.390 e. The van der Waals surface area contributed by atoms with Crippen LogP contribution in [0.25, 0.3) is 0 Å². The van der Waals surface area contributed by atoms with Crippen LogP contribution in [0.1, 0.15) is 53.9 Å². The standard InChI is InChI=1S/C15H27BrO2/c1-6-10-11(8-14(3,4)18)15(5,7-2)13(10)12(17)9-16/h10-11,13,18H,6-9H2,1-5H3/t10-,11?,13-,15?/m1/s1. The lowest BCUT2D eigenvalue weighted by Gasteiger charge is -2.60. The maximum Gasteiger partial charge on any atom is 0.147 e. The lowest BCUT2D eigenvalue weighted by atomic mass is 9.43. The number of carbonyl (C=O) groups is 1. The molecule has 0 bridgehead atoms. The van der Waals surface area contributed by atoms with Crippen molar-refractivity contribution in [1.82, 2.24) is 0 Å². The maximum absolute atomic E-state index is 12.1. The van der Waals surface area contributed by atoms with Gasteiger partial charge in [-0.15, -0.1) is 0 Å². The summed E-state index contributed by atoms with van der Waals surface area (Å²) in [5.74, 6) is 1.39. The van der Waals surface area contributed by atoms with Gasteiger partial charge in [0.05, 0.1) is 10.9 Å². The molecule has 18 heavy (non-hydrogen) atoms. The van der Waals surface area contributed by atoms with Crippen LogP contribution in [0.15, 0.2) is 0 Å². The minimum absolute atomic E-state index is 0.0610. The molecule has 106 valence electrons. The van der Waals surface area contributed by atoms with E-state index in [1.165, 1.54) is 0 Å². The van der Waals surface area contributed by atoms with Gasteiger partial charge in [-0.05, 0) is 43.9 Å². The van der Waals surface area contributed by atoms with Crippen molar-refractivity contribution >= 4 is 21.7 Å². The van der Waals surface area contributed by atoms with Gasteiger partial charge >= 0.3 is 0 Å². The van der Waals surface area contributed by atoms with E-state index in [1.54, 1.807) is 0 Å². The average Bonchev–Trinajstić information content (AvgIpc) is 2.30. The van der Waals surface area contributed by atoms with Crippen molar-refractivity contribution in [1.29, 1.82) is 0 Å². The lowest BCUT2D eigenvalue weighted by molar-refractivity contribution is -0.165. The first-order chi connectivity index (χ1) is 8.21. The van der Waals surface area contributed by atoms with Crippen LogP contribution in [0.2, 0.25) is 0 Å². The predicted molar refractivity (Wildman–Crippen MR) is 78.9 cm³/mol. The van der Waals surface area contributed by atoms with Gasteiger partial charge in [0.2, 0.25) is 0 Å². The Morgan fingerprint density at radius 3 is 2.28 bits per heavy atom. The van der Waals surface area contributed by atoms with Gasteiger partial charge in [-0.2, -0.15) is 0 Å². The van der Waals surface area contributed by atoms with E-state index in [-0.39, 0.29) is 11.3 Å². The molecule has 2 nitrogen and oxygen atoms in total. The van der Waals surface area contributed by atoms with E-state index in [0.717, 1.165) is 19.3 Å². The van der Waals surface area contributed by atoms with Crippen LogP contribution in [0.4, 0.5) is 0 Å². The molecule has 3 heteroatoms. The number of hydrogen-bond donors (Lipinski definition) is 1. The number of halogens is 1. The molecule has 0 aliphatic heterocycles. The summed E-state index contributed by atoms with van der Waals surface area (Å²) in [5.41, 5.74) is -0.581. The summed E-state index contributed by atoms with van der Waals surface area (Å²) in [6.07, 6.45) is 2.83. The van der Waals surface area contributed by atoms with Crippen LogP contribution in [0, 0.1) is 23.2 Å². The number of aliphatic hydroxyl groups is 1. The lowest BCUT2D eigenvalue weighted by Crippen LogP contribution is -2.59. The van der Waals surface area contributed by atoms with Crippen LogP contribution >= 0.6 is 15.9 Å². The third kappa shape index (κ3) is 2.82. The highest BCUT2D eigenvalue weighted by atomic mass is 79.9. The minimum atomic E-state index is -0.642. The first-order valence-electron chi connectivity index (χ1n) is 7.02. The smallest absolute Gasteiger partial charge is 0.147 e. The molecular formula is C15H27BrO2. The minimum Gasteiger partial charge on any atom is -0.390 e. The van der Waals surface area contributed by atoms with Crippen molar-refractivity contribution in [3.05, 3.63) is 0 Å². The molecule has 1 rings (SSSR count).